The third kappa shape index (κ3) is 2.18. The van der Waals surface area contributed by atoms with Crippen LogP contribution < -0.4 is 9.47 Å². The van der Waals surface area contributed by atoms with Crippen molar-refractivity contribution >= 4 is 21.9 Å². The van der Waals surface area contributed by atoms with Crippen molar-refractivity contribution in [1.82, 2.24) is 4.98 Å². The topological polar surface area (TPSA) is 68.7 Å². The van der Waals surface area contributed by atoms with Crippen molar-refractivity contribution in [3.8, 4) is 11.6 Å². The van der Waals surface area contributed by atoms with Gasteiger partial charge in [-0.25, -0.2) is 9.78 Å². The number of ether oxygens (including phenoxy) is 2. The predicted molar refractivity (Wildman–Crippen MR) is 70.3 cm³/mol. The second-order valence-corrected chi connectivity index (χ2v) is 6.08. The van der Waals surface area contributed by atoms with E-state index < -0.39 is 11.6 Å². The zero-order valence-corrected chi connectivity index (χ0v) is 12.0. The van der Waals surface area contributed by atoms with Gasteiger partial charge in [0.25, 0.3) is 0 Å². The highest BCUT2D eigenvalue weighted by Gasteiger charge is 2.59. The van der Waals surface area contributed by atoms with Gasteiger partial charge >= 0.3 is 5.97 Å². The average Bonchev–Trinajstić information content (AvgIpc) is 2.99. The number of hydrogen-bond donors (Lipinski definition) is 1. The summed E-state index contributed by atoms with van der Waals surface area (Å²) in [6, 6.07) is 1.61. The van der Waals surface area contributed by atoms with Crippen LogP contribution in [0.25, 0.3) is 0 Å². The fourth-order valence-electron chi connectivity index (χ4n) is 2.86. The SMILES string of the molecule is COc1cc(OC2(C(=O)O)C[C@H]3C[C@H]3C2)ncc1Br. The third-order valence-electron chi connectivity index (χ3n) is 3.96. The fourth-order valence-corrected chi connectivity index (χ4v) is 3.24. The van der Waals surface area contributed by atoms with E-state index in [2.05, 4.69) is 20.9 Å². The molecule has 3 rings (SSSR count). The molecule has 19 heavy (non-hydrogen) atoms. The van der Waals surface area contributed by atoms with E-state index >= 15 is 0 Å². The van der Waals surface area contributed by atoms with Crippen molar-refractivity contribution in [2.75, 3.05) is 7.11 Å². The molecule has 1 unspecified atom stereocenters. The Kier molecular flexibility index (Phi) is 2.92. The predicted octanol–water partition coefficient (Wildman–Crippen LogP) is 2.48. The molecular weight excluding hydrogens is 314 g/mol. The normalized spacial score (nSPS) is 31.7. The summed E-state index contributed by atoms with van der Waals surface area (Å²) < 4.78 is 11.6. The lowest BCUT2D eigenvalue weighted by Crippen LogP contribution is -2.43. The molecule has 0 amide bonds. The molecular formula is C13H14BrNO4. The van der Waals surface area contributed by atoms with Crippen LogP contribution in [-0.2, 0) is 4.79 Å². The molecule has 102 valence electrons. The van der Waals surface area contributed by atoms with Gasteiger partial charge in [0.05, 0.1) is 11.6 Å². The quantitative estimate of drug-likeness (QED) is 0.920. The van der Waals surface area contributed by atoms with E-state index in [0.717, 1.165) is 6.42 Å². The van der Waals surface area contributed by atoms with Crippen LogP contribution >= 0.6 is 15.9 Å². The summed E-state index contributed by atoms with van der Waals surface area (Å²) in [6.45, 7) is 0. The van der Waals surface area contributed by atoms with E-state index in [4.69, 9.17) is 9.47 Å². The van der Waals surface area contributed by atoms with Crippen LogP contribution in [0, 0.1) is 11.8 Å². The minimum atomic E-state index is -1.11. The number of hydrogen-bond acceptors (Lipinski definition) is 4. The lowest BCUT2D eigenvalue weighted by atomic mass is 9.98. The molecule has 2 aliphatic carbocycles. The van der Waals surface area contributed by atoms with Crippen molar-refractivity contribution in [3.05, 3.63) is 16.7 Å². The molecule has 6 heteroatoms. The number of fused-ring (bicyclic) bond motifs is 1. The second kappa shape index (κ2) is 4.37. The number of rotatable bonds is 4. The first-order chi connectivity index (χ1) is 9.04. The number of methoxy groups -OCH3 is 1. The summed E-state index contributed by atoms with van der Waals surface area (Å²) in [6.07, 6.45) is 3.84. The van der Waals surface area contributed by atoms with Gasteiger partial charge in [-0.15, -0.1) is 0 Å². The van der Waals surface area contributed by atoms with E-state index in [1.807, 2.05) is 0 Å². The average molecular weight is 328 g/mol. The molecule has 3 atom stereocenters. The standard InChI is InChI=1S/C13H14BrNO4/c1-18-10-3-11(15-6-9(10)14)19-13(12(16)17)4-7-2-8(7)5-13/h3,6-8H,2,4-5H2,1H3,(H,16,17)/t7-,8+,13?. The lowest BCUT2D eigenvalue weighted by Gasteiger charge is -2.26. The number of pyridine rings is 1. The van der Waals surface area contributed by atoms with Gasteiger partial charge in [-0.1, -0.05) is 0 Å². The summed E-state index contributed by atoms with van der Waals surface area (Å²) in [5.41, 5.74) is -1.11. The number of carboxylic acid groups (broad SMARTS) is 1. The Hall–Kier alpha value is -1.30. The number of aromatic nitrogens is 1. The molecule has 1 N–H and O–H groups in total. The molecule has 0 saturated heterocycles. The van der Waals surface area contributed by atoms with Crippen molar-refractivity contribution < 1.29 is 19.4 Å². The van der Waals surface area contributed by atoms with Gasteiger partial charge in [-0.3, -0.25) is 0 Å². The fraction of sp³-hybridized carbons (Fsp3) is 0.538. The largest absolute Gasteiger partial charge is 0.495 e. The number of aliphatic carboxylic acids is 1. The van der Waals surface area contributed by atoms with E-state index in [0.29, 0.717) is 40.8 Å². The Labute approximate surface area is 119 Å². The molecule has 1 heterocycles. The minimum absolute atomic E-state index is 0.295. The van der Waals surface area contributed by atoms with Gasteiger partial charge in [0.1, 0.15) is 5.75 Å². The molecule has 0 bridgehead atoms. The zero-order chi connectivity index (χ0) is 13.6. The van der Waals surface area contributed by atoms with E-state index in [9.17, 15) is 9.90 Å². The van der Waals surface area contributed by atoms with Gasteiger partial charge in [0, 0.05) is 25.1 Å². The summed E-state index contributed by atoms with van der Waals surface area (Å²) >= 11 is 3.30. The maximum Gasteiger partial charge on any atom is 0.348 e. The molecule has 2 fully saturated rings. The van der Waals surface area contributed by atoms with E-state index in [1.54, 1.807) is 19.4 Å². The van der Waals surface area contributed by atoms with Crippen LogP contribution in [0.4, 0.5) is 0 Å². The van der Waals surface area contributed by atoms with Gasteiger partial charge < -0.3 is 14.6 Å². The monoisotopic (exact) mass is 327 g/mol. The highest BCUT2D eigenvalue weighted by Crippen LogP contribution is 2.57. The van der Waals surface area contributed by atoms with Gasteiger partial charge in [-0.05, 0) is 34.2 Å². The summed E-state index contributed by atoms with van der Waals surface area (Å²) in [4.78, 5) is 15.6. The Morgan fingerprint density at radius 1 is 1.53 bits per heavy atom. The van der Waals surface area contributed by atoms with Crippen LogP contribution in [0.5, 0.6) is 11.6 Å². The van der Waals surface area contributed by atoms with Crippen LogP contribution in [0.2, 0.25) is 0 Å². The maximum absolute atomic E-state index is 11.5. The molecule has 0 radical (unpaired) electrons. The molecule has 1 aromatic rings. The molecule has 2 saturated carbocycles. The van der Waals surface area contributed by atoms with Crippen LogP contribution in [0.15, 0.2) is 16.7 Å². The lowest BCUT2D eigenvalue weighted by molar-refractivity contribution is -0.156. The van der Waals surface area contributed by atoms with Crippen molar-refractivity contribution in [1.29, 1.82) is 0 Å². The molecule has 1 aromatic heterocycles. The number of carboxylic acids is 1. The highest BCUT2D eigenvalue weighted by molar-refractivity contribution is 9.10. The van der Waals surface area contributed by atoms with E-state index in [1.165, 1.54) is 0 Å². The van der Waals surface area contributed by atoms with Crippen LogP contribution in [0.3, 0.4) is 0 Å². The summed E-state index contributed by atoms with van der Waals surface area (Å²) in [7, 11) is 1.54. The summed E-state index contributed by atoms with van der Waals surface area (Å²) in [5.74, 6) is 0.989. The maximum atomic E-state index is 11.5. The van der Waals surface area contributed by atoms with Crippen LogP contribution in [-0.4, -0.2) is 28.8 Å². The second-order valence-electron chi connectivity index (χ2n) is 5.22. The van der Waals surface area contributed by atoms with E-state index in [-0.39, 0.29) is 0 Å². The number of carbonyl (C=O) groups is 1. The molecule has 0 aromatic carbocycles. The van der Waals surface area contributed by atoms with Crippen molar-refractivity contribution in [2.24, 2.45) is 11.8 Å². The summed E-state index contributed by atoms with van der Waals surface area (Å²) in [5, 5.41) is 9.45. The van der Waals surface area contributed by atoms with Gasteiger partial charge in [0.2, 0.25) is 11.5 Å². The molecule has 0 aliphatic heterocycles. The number of nitrogens with zero attached hydrogens (tertiary/aromatic N) is 1. The first-order valence-corrected chi connectivity index (χ1v) is 6.95. The Morgan fingerprint density at radius 3 is 2.79 bits per heavy atom. The number of halogens is 1. The first-order valence-electron chi connectivity index (χ1n) is 6.16. The molecule has 0 spiro atoms. The minimum Gasteiger partial charge on any atom is -0.495 e. The van der Waals surface area contributed by atoms with Crippen molar-refractivity contribution in [2.45, 2.75) is 24.9 Å². The Morgan fingerprint density at radius 2 is 2.21 bits per heavy atom. The smallest absolute Gasteiger partial charge is 0.348 e. The third-order valence-corrected chi connectivity index (χ3v) is 4.55. The van der Waals surface area contributed by atoms with Gasteiger partial charge in [0.15, 0.2) is 0 Å². The molecule has 5 nitrogen and oxygen atoms in total. The first kappa shape index (κ1) is 12.7. The zero-order valence-electron chi connectivity index (χ0n) is 10.4. The van der Waals surface area contributed by atoms with Crippen LogP contribution in [0.1, 0.15) is 19.3 Å². The Bertz CT molecular complexity index is 523. The molecule has 2 aliphatic rings. The highest BCUT2D eigenvalue weighted by atomic mass is 79.9. The Balaban J connectivity index is 1.84. The van der Waals surface area contributed by atoms with Crippen molar-refractivity contribution in [3.63, 3.8) is 0 Å². The van der Waals surface area contributed by atoms with Gasteiger partial charge in [-0.2, -0.15) is 0 Å².